The van der Waals surface area contributed by atoms with Crippen LogP contribution in [-0.2, 0) is 0 Å². The molecule has 1 aromatic heterocycles. The molecule has 1 unspecified atom stereocenters. The van der Waals surface area contributed by atoms with Crippen LogP contribution in [-0.4, -0.2) is 24.4 Å². The fourth-order valence-corrected chi connectivity index (χ4v) is 1.75. The second-order valence-corrected chi connectivity index (χ2v) is 3.62. The number of rotatable bonds is 2. The lowest BCUT2D eigenvalue weighted by Gasteiger charge is -2.16. The molecule has 1 saturated heterocycles. The van der Waals surface area contributed by atoms with E-state index in [0.29, 0.717) is 5.69 Å². The van der Waals surface area contributed by atoms with Crippen molar-refractivity contribution in [3.8, 4) is 6.07 Å². The van der Waals surface area contributed by atoms with Gasteiger partial charge in [0.05, 0.1) is 23.9 Å². The molecule has 0 bridgehead atoms. The van der Waals surface area contributed by atoms with Crippen LogP contribution in [0.25, 0.3) is 0 Å². The minimum atomic E-state index is 0.121. The number of pyridine rings is 1. The summed E-state index contributed by atoms with van der Waals surface area (Å²) < 4.78 is 0. The average molecular weight is 201 g/mol. The number of carbonyl (C=O) groups excluding carboxylic acids is 1. The topological polar surface area (TPSA) is 57.0 Å². The summed E-state index contributed by atoms with van der Waals surface area (Å²) in [7, 11) is 0. The number of anilines is 1. The number of nitrogens with zero attached hydrogens (tertiary/aromatic N) is 3. The Morgan fingerprint density at radius 3 is 3.00 bits per heavy atom. The number of carbonyl (C=O) groups is 1. The standard InChI is InChI=1S/C11H11N3O/c12-5-9-3-4-14(7-9)11-2-1-10(8-15)13-6-11/h1-2,6,8-9H,3-4,7H2. The summed E-state index contributed by atoms with van der Waals surface area (Å²) in [6.07, 6.45) is 3.32. The third kappa shape index (κ3) is 1.96. The normalized spacial score (nSPS) is 19.9. The van der Waals surface area contributed by atoms with E-state index in [1.54, 1.807) is 12.3 Å². The van der Waals surface area contributed by atoms with Crippen molar-refractivity contribution in [2.24, 2.45) is 5.92 Å². The van der Waals surface area contributed by atoms with Gasteiger partial charge < -0.3 is 4.90 Å². The quantitative estimate of drug-likeness (QED) is 0.675. The fraction of sp³-hybridized carbons (Fsp3) is 0.364. The van der Waals surface area contributed by atoms with E-state index in [1.807, 2.05) is 6.07 Å². The van der Waals surface area contributed by atoms with Crippen molar-refractivity contribution in [1.29, 1.82) is 5.26 Å². The second-order valence-electron chi connectivity index (χ2n) is 3.62. The number of nitriles is 1. The molecule has 1 fully saturated rings. The summed E-state index contributed by atoms with van der Waals surface area (Å²) in [5.74, 6) is 0.121. The Morgan fingerprint density at radius 1 is 1.60 bits per heavy atom. The van der Waals surface area contributed by atoms with Gasteiger partial charge in [-0.2, -0.15) is 5.26 Å². The monoisotopic (exact) mass is 201 g/mol. The first kappa shape index (κ1) is 9.66. The molecule has 76 valence electrons. The minimum Gasteiger partial charge on any atom is -0.369 e. The number of aldehydes is 1. The maximum Gasteiger partial charge on any atom is 0.168 e. The molecular formula is C11H11N3O. The molecule has 0 amide bonds. The van der Waals surface area contributed by atoms with Gasteiger partial charge in [0.25, 0.3) is 0 Å². The molecule has 2 heterocycles. The molecule has 0 aliphatic carbocycles. The van der Waals surface area contributed by atoms with E-state index >= 15 is 0 Å². The van der Waals surface area contributed by atoms with Crippen LogP contribution in [0, 0.1) is 17.2 Å². The van der Waals surface area contributed by atoms with Crippen molar-refractivity contribution in [3.63, 3.8) is 0 Å². The van der Waals surface area contributed by atoms with Crippen LogP contribution < -0.4 is 4.90 Å². The lowest BCUT2D eigenvalue weighted by atomic mass is 10.1. The van der Waals surface area contributed by atoms with Crippen LogP contribution >= 0.6 is 0 Å². The van der Waals surface area contributed by atoms with Crippen molar-refractivity contribution < 1.29 is 4.79 Å². The van der Waals surface area contributed by atoms with Gasteiger partial charge >= 0.3 is 0 Å². The highest BCUT2D eigenvalue weighted by molar-refractivity contribution is 5.72. The Bertz CT molecular complexity index is 393. The van der Waals surface area contributed by atoms with Crippen molar-refractivity contribution >= 4 is 12.0 Å². The average Bonchev–Trinajstić information content (AvgIpc) is 2.78. The highest BCUT2D eigenvalue weighted by atomic mass is 16.1. The third-order valence-electron chi connectivity index (χ3n) is 2.63. The lowest BCUT2D eigenvalue weighted by Crippen LogP contribution is -2.19. The first-order valence-electron chi connectivity index (χ1n) is 4.89. The number of hydrogen-bond acceptors (Lipinski definition) is 4. The van der Waals surface area contributed by atoms with Crippen LogP contribution in [0.2, 0.25) is 0 Å². The number of hydrogen-bond donors (Lipinski definition) is 0. The Labute approximate surface area is 88.1 Å². The van der Waals surface area contributed by atoms with Gasteiger partial charge in [-0.15, -0.1) is 0 Å². The molecule has 4 heteroatoms. The predicted octanol–water partition coefficient (Wildman–Crippen LogP) is 1.24. The molecule has 2 rings (SSSR count). The Hall–Kier alpha value is -1.89. The van der Waals surface area contributed by atoms with Crippen LogP contribution in [0.4, 0.5) is 5.69 Å². The molecule has 1 aliphatic heterocycles. The van der Waals surface area contributed by atoms with E-state index in [-0.39, 0.29) is 5.92 Å². The zero-order chi connectivity index (χ0) is 10.7. The molecule has 0 saturated carbocycles. The Morgan fingerprint density at radius 2 is 2.47 bits per heavy atom. The smallest absolute Gasteiger partial charge is 0.168 e. The van der Waals surface area contributed by atoms with Crippen LogP contribution in [0.3, 0.4) is 0 Å². The zero-order valence-corrected chi connectivity index (χ0v) is 8.26. The molecule has 0 aromatic carbocycles. The second kappa shape index (κ2) is 4.09. The summed E-state index contributed by atoms with van der Waals surface area (Å²) in [5, 5.41) is 8.77. The minimum absolute atomic E-state index is 0.121. The van der Waals surface area contributed by atoms with Crippen LogP contribution in [0.1, 0.15) is 16.9 Å². The molecule has 1 aliphatic rings. The van der Waals surface area contributed by atoms with Gasteiger partial charge in [-0.05, 0) is 18.6 Å². The Kier molecular flexibility index (Phi) is 2.64. The highest BCUT2D eigenvalue weighted by Crippen LogP contribution is 2.22. The van der Waals surface area contributed by atoms with Gasteiger partial charge in [0.1, 0.15) is 5.69 Å². The van der Waals surface area contributed by atoms with E-state index in [2.05, 4.69) is 16.0 Å². The summed E-state index contributed by atoms with van der Waals surface area (Å²) in [5.41, 5.74) is 1.42. The molecule has 1 atom stereocenters. The van der Waals surface area contributed by atoms with Crippen LogP contribution in [0.5, 0.6) is 0 Å². The third-order valence-corrected chi connectivity index (χ3v) is 2.63. The van der Waals surface area contributed by atoms with Gasteiger partial charge in [0.2, 0.25) is 0 Å². The fourth-order valence-electron chi connectivity index (χ4n) is 1.75. The first-order valence-corrected chi connectivity index (χ1v) is 4.89. The molecule has 1 aromatic rings. The molecule has 15 heavy (non-hydrogen) atoms. The predicted molar refractivity (Wildman–Crippen MR) is 55.6 cm³/mol. The van der Waals surface area contributed by atoms with Crippen molar-refractivity contribution in [2.45, 2.75) is 6.42 Å². The Balaban J connectivity index is 2.11. The number of aromatic nitrogens is 1. The summed E-state index contributed by atoms with van der Waals surface area (Å²) in [6, 6.07) is 5.84. The molecule has 0 N–H and O–H groups in total. The maximum absolute atomic E-state index is 10.4. The van der Waals surface area contributed by atoms with Gasteiger partial charge in [-0.3, -0.25) is 9.78 Å². The molecule has 0 radical (unpaired) electrons. The van der Waals surface area contributed by atoms with Crippen LogP contribution in [0.15, 0.2) is 18.3 Å². The van der Waals surface area contributed by atoms with E-state index in [4.69, 9.17) is 5.26 Å². The summed E-state index contributed by atoms with van der Waals surface area (Å²) in [6.45, 7) is 1.65. The van der Waals surface area contributed by atoms with Crippen molar-refractivity contribution in [2.75, 3.05) is 18.0 Å². The van der Waals surface area contributed by atoms with Crippen molar-refractivity contribution in [3.05, 3.63) is 24.0 Å². The van der Waals surface area contributed by atoms with E-state index < -0.39 is 0 Å². The first-order chi connectivity index (χ1) is 7.33. The van der Waals surface area contributed by atoms with Gasteiger partial charge in [-0.1, -0.05) is 0 Å². The van der Waals surface area contributed by atoms with Crippen molar-refractivity contribution in [1.82, 2.24) is 4.98 Å². The van der Waals surface area contributed by atoms with Gasteiger partial charge in [0.15, 0.2) is 6.29 Å². The van der Waals surface area contributed by atoms with E-state index in [1.165, 1.54) is 0 Å². The molecule has 0 spiro atoms. The lowest BCUT2D eigenvalue weighted by molar-refractivity contribution is 0.111. The van der Waals surface area contributed by atoms with E-state index in [9.17, 15) is 4.79 Å². The molecule has 4 nitrogen and oxygen atoms in total. The maximum atomic E-state index is 10.4. The van der Waals surface area contributed by atoms with Gasteiger partial charge in [-0.25, -0.2) is 0 Å². The summed E-state index contributed by atoms with van der Waals surface area (Å²) >= 11 is 0. The molecular weight excluding hydrogens is 190 g/mol. The SMILES string of the molecule is N#CC1CCN(c2ccc(C=O)nc2)C1. The zero-order valence-electron chi connectivity index (χ0n) is 8.26. The van der Waals surface area contributed by atoms with E-state index in [0.717, 1.165) is 31.5 Å². The summed E-state index contributed by atoms with van der Waals surface area (Å²) in [4.78, 5) is 16.5. The highest BCUT2D eigenvalue weighted by Gasteiger charge is 2.22. The largest absolute Gasteiger partial charge is 0.369 e. The van der Waals surface area contributed by atoms with Gasteiger partial charge in [0, 0.05) is 13.1 Å².